The number of rotatable bonds is 10. The number of guanidine groups is 1. The highest BCUT2D eigenvalue weighted by molar-refractivity contribution is 6.01. The molecule has 2 aliphatic heterocycles. The number of hydrogen-bond donors (Lipinski definition) is 5. The Morgan fingerprint density at radius 1 is 1.03 bits per heavy atom. The lowest BCUT2D eigenvalue weighted by molar-refractivity contribution is -0.121. The van der Waals surface area contributed by atoms with E-state index in [1.54, 1.807) is 20.2 Å². The lowest BCUT2D eigenvalue weighted by atomic mass is 9.73. The first-order chi connectivity index (χ1) is 31.1. The van der Waals surface area contributed by atoms with Crippen LogP contribution in [0.3, 0.4) is 0 Å². The van der Waals surface area contributed by atoms with Gasteiger partial charge < -0.3 is 40.6 Å². The Morgan fingerprint density at radius 3 is 2.67 bits per heavy atom. The quantitative estimate of drug-likeness (QED) is 0.0453. The summed E-state index contributed by atoms with van der Waals surface area (Å²) in [6.07, 6.45) is 21.2. The maximum atomic E-state index is 13.9. The van der Waals surface area contributed by atoms with Crippen LogP contribution in [0.15, 0.2) is 89.7 Å². The van der Waals surface area contributed by atoms with Crippen LogP contribution in [0.2, 0.25) is 0 Å². The van der Waals surface area contributed by atoms with E-state index in [1.807, 2.05) is 48.5 Å². The second kappa shape index (κ2) is 19.7. The number of anilines is 1. The molecule has 6 bridgehead atoms. The Balaban J connectivity index is 1.12. The molecule has 3 aliphatic carbocycles. The highest BCUT2D eigenvalue weighted by Crippen LogP contribution is 2.51. The van der Waals surface area contributed by atoms with Gasteiger partial charge in [-0.25, -0.2) is 0 Å². The number of carbonyl (C=O) groups excluding carboxylic acids is 1. The molecule has 4 aromatic rings. The van der Waals surface area contributed by atoms with Crippen LogP contribution in [0.5, 0.6) is 17.2 Å². The van der Waals surface area contributed by atoms with E-state index in [0.29, 0.717) is 36.7 Å². The molecule has 1 saturated carbocycles. The summed E-state index contributed by atoms with van der Waals surface area (Å²) in [5, 5.41) is 38.8. The standard InChI is InChI=1S/C54H61N3O7/c1-34-13-19-44-47-33-64-50-26-36(15-20-49(50)62-3)14-17-42(60)30-43(63-24-23-54(21-6-7-22-54)52-46(29-39(47)32-58)51(44)45(34)31-48(52)61)28-38-27-41(59)18-16-37(38)11-5-4-9-35-10-8-12-40(25-35)57-53(55)56-2/h8,10,12-13,15-16,18-20,25-27,29,31,34,37-38,43,58-59,61H,4-7,9,11,14,17,21-22,28,30,32-33H2,1-3H3,(H3,55,56,57)/t34-,37-,38+,43-/m0/s1. The third-order valence-electron chi connectivity index (χ3n) is 13.8. The van der Waals surface area contributed by atoms with Crippen molar-refractivity contribution in [3.05, 3.63) is 124 Å². The second-order valence-electron chi connectivity index (χ2n) is 18.0. The van der Waals surface area contributed by atoms with E-state index in [4.69, 9.17) is 19.9 Å². The van der Waals surface area contributed by atoms with Gasteiger partial charge in [-0.05, 0) is 150 Å². The van der Waals surface area contributed by atoms with Gasteiger partial charge in [0.1, 0.15) is 36.1 Å². The number of aliphatic hydroxyl groups excluding tert-OH is 2. The first kappa shape index (κ1) is 44.4. The van der Waals surface area contributed by atoms with Crippen LogP contribution in [0.4, 0.5) is 5.69 Å². The monoisotopic (exact) mass is 863 g/mol. The van der Waals surface area contributed by atoms with Crippen LogP contribution in [0.25, 0.3) is 16.8 Å². The molecule has 4 atom stereocenters. The lowest BCUT2D eigenvalue weighted by Gasteiger charge is -2.31. The number of methoxy groups -OCH3 is 1. The smallest absolute Gasteiger partial charge is 0.192 e. The topological polar surface area (TPSA) is 156 Å². The molecule has 10 heteroatoms. The number of Topliss-reactive ketones (excluding diaryl/α,β-unsaturated/α-hetero) is 1. The van der Waals surface area contributed by atoms with Crippen LogP contribution < -0.4 is 20.5 Å². The number of hydrogen-bond acceptors (Lipinski definition) is 8. The van der Waals surface area contributed by atoms with Gasteiger partial charge in [-0.2, -0.15) is 0 Å². The zero-order chi connectivity index (χ0) is 44.8. The van der Waals surface area contributed by atoms with Crippen LogP contribution in [0, 0.1) is 23.9 Å². The predicted molar refractivity (Wildman–Crippen MR) is 254 cm³/mol. The van der Waals surface area contributed by atoms with Gasteiger partial charge in [0.05, 0.1) is 19.1 Å². The summed E-state index contributed by atoms with van der Waals surface area (Å²) in [7, 11) is 3.26. The lowest BCUT2D eigenvalue weighted by Crippen LogP contribution is -2.25. The molecule has 0 amide bonds. The minimum Gasteiger partial charge on any atom is -0.508 e. The summed E-state index contributed by atoms with van der Waals surface area (Å²) in [4.78, 5) is 17.9. The Hall–Kier alpha value is -6.18. The van der Waals surface area contributed by atoms with Crippen molar-refractivity contribution in [1.29, 1.82) is 0 Å². The number of carbonyl (C=O) groups is 1. The van der Waals surface area contributed by atoms with E-state index in [2.05, 4.69) is 59.6 Å². The van der Waals surface area contributed by atoms with E-state index in [9.17, 15) is 20.1 Å². The molecule has 1 fully saturated rings. The van der Waals surface area contributed by atoms with Crippen molar-refractivity contribution in [2.24, 2.45) is 22.6 Å². The molecular formula is C54H61N3O7. The first-order valence-electron chi connectivity index (χ1n) is 22.9. The summed E-state index contributed by atoms with van der Waals surface area (Å²) >= 11 is 0. The number of phenolic OH excluding ortho intramolecular Hbond substituents is 1. The van der Waals surface area contributed by atoms with Crippen molar-refractivity contribution >= 4 is 34.3 Å². The molecule has 1 spiro atoms. The minimum absolute atomic E-state index is 0.0577. The summed E-state index contributed by atoms with van der Waals surface area (Å²) in [6.45, 7) is 2.10. The summed E-state index contributed by atoms with van der Waals surface area (Å²) in [6, 6.07) is 17.9. The highest BCUT2D eigenvalue weighted by Gasteiger charge is 2.40. The molecule has 0 unspecified atom stereocenters. The average Bonchev–Trinajstić information content (AvgIpc) is 3.77. The zero-order valence-electron chi connectivity index (χ0n) is 37.3. The molecule has 0 radical (unpaired) electrons. The van der Waals surface area contributed by atoms with Crippen molar-refractivity contribution in [3.63, 3.8) is 0 Å². The van der Waals surface area contributed by atoms with Crippen LogP contribution in [-0.2, 0) is 41.0 Å². The van der Waals surface area contributed by atoms with Crippen molar-refractivity contribution < 1.29 is 34.3 Å². The molecule has 5 aliphatic rings. The number of nitrogens with one attached hydrogen (secondary N) is 1. The van der Waals surface area contributed by atoms with Gasteiger partial charge in [0, 0.05) is 42.6 Å². The van der Waals surface area contributed by atoms with E-state index < -0.39 is 11.5 Å². The largest absolute Gasteiger partial charge is 0.508 e. The fraction of sp³-hybridized carbons (Fsp3) is 0.407. The number of aromatic hydroxyl groups is 1. The van der Waals surface area contributed by atoms with Crippen LogP contribution in [-0.4, -0.2) is 47.3 Å². The summed E-state index contributed by atoms with van der Waals surface area (Å²) in [5.41, 5.74) is 12.6. The van der Waals surface area contributed by atoms with Gasteiger partial charge in [0.25, 0.3) is 0 Å². The Morgan fingerprint density at radius 2 is 1.88 bits per heavy atom. The second-order valence-corrected chi connectivity index (χ2v) is 18.0. The number of allylic oxidation sites excluding steroid dienone is 4. The molecule has 6 N–H and O–H groups in total. The minimum atomic E-state index is -0.709. The van der Waals surface area contributed by atoms with Gasteiger partial charge in [0.2, 0.25) is 0 Å². The Labute approximate surface area is 376 Å². The molecular weight excluding hydrogens is 803 g/mol. The number of benzene rings is 4. The predicted octanol–water partition coefficient (Wildman–Crippen LogP) is 10.2. The van der Waals surface area contributed by atoms with E-state index in [0.717, 1.165) is 101 Å². The molecule has 0 aromatic heterocycles. The average molecular weight is 864 g/mol. The number of aryl methyl sites for hydroxylation is 2. The van der Waals surface area contributed by atoms with Gasteiger partial charge in [-0.1, -0.05) is 62.6 Å². The number of nitrogens with two attached hydrogens (primary N) is 1. The molecule has 10 nitrogen and oxygen atoms in total. The highest BCUT2D eigenvalue weighted by atomic mass is 16.5. The van der Waals surface area contributed by atoms with Crippen molar-refractivity contribution in [3.8, 4) is 29.3 Å². The normalized spacial score (nSPS) is 21.7. The van der Waals surface area contributed by atoms with Gasteiger partial charge >= 0.3 is 0 Å². The first-order valence-corrected chi connectivity index (χ1v) is 22.9. The third-order valence-corrected chi connectivity index (χ3v) is 13.8. The maximum Gasteiger partial charge on any atom is 0.192 e. The number of nitrogens with zero attached hydrogens (tertiary/aromatic N) is 1. The van der Waals surface area contributed by atoms with Crippen molar-refractivity contribution in [1.82, 2.24) is 0 Å². The molecule has 334 valence electrons. The molecule has 9 rings (SSSR count). The van der Waals surface area contributed by atoms with Gasteiger partial charge in [-0.15, -0.1) is 0 Å². The van der Waals surface area contributed by atoms with Crippen molar-refractivity contribution in [2.45, 2.75) is 115 Å². The fourth-order valence-corrected chi connectivity index (χ4v) is 10.4. The van der Waals surface area contributed by atoms with Gasteiger partial charge in [0.15, 0.2) is 17.5 Å². The molecule has 0 saturated heterocycles. The molecule has 4 aromatic carbocycles. The van der Waals surface area contributed by atoms with E-state index in [1.165, 1.54) is 5.56 Å². The number of aliphatic imine (C=N–C) groups is 1. The number of phenols is 1. The SMILES string of the molecule is CN=C(N)Nc1cccc(CCCC[C@H]2C=CC(O)=C[C@@H]2C[C@H]2CC(=O)CCc3ccc(OC)c(c3)OCc3c(CO)cc4c(c(O)cc5c4c3C=C[C@@H]5C)C3(C#CO2)CCCC3)c1. The maximum absolute atomic E-state index is 13.9. The molecule has 64 heavy (non-hydrogen) atoms. The zero-order valence-corrected chi connectivity index (χ0v) is 37.3. The summed E-state index contributed by atoms with van der Waals surface area (Å²) in [5.74, 6) is 5.65. The van der Waals surface area contributed by atoms with E-state index >= 15 is 0 Å². The van der Waals surface area contributed by atoms with Crippen molar-refractivity contribution in [2.75, 3.05) is 19.5 Å². The van der Waals surface area contributed by atoms with E-state index in [-0.39, 0.29) is 54.7 Å². The molecule has 2 heterocycles. The van der Waals surface area contributed by atoms with Gasteiger partial charge in [-0.3, -0.25) is 9.79 Å². The number of ketones is 1. The fourth-order valence-electron chi connectivity index (χ4n) is 10.4. The number of fused-ring (bicyclic) bond motifs is 8. The summed E-state index contributed by atoms with van der Waals surface area (Å²) < 4.78 is 18.8. The Kier molecular flexibility index (Phi) is 13.7. The number of unbranched alkanes of at least 4 members (excludes halogenated alkanes) is 1. The van der Waals surface area contributed by atoms with Crippen LogP contribution >= 0.6 is 0 Å². The number of ether oxygens (including phenoxy) is 3. The third kappa shape index (κ3) is 9.65. The Bertz CT molecular complexity index is 2570. The number of aliphatic hydroxyl groups is 2. The van der Waals surface area contributed by atoms with Crippen LogP contribution in [0.1, 0.15) is 116 Å².